The van der Waals surface area contributed by atoms with Crippen molar-refractivity contribution in [1.82, 2.24) is 10.3 Å². The lowest BCUT2D eigenvalue weighted by atomic mass is 10.1. The number of hydrogen-bond donors (Lipinski definition) is 1. The third-order valence-corrected chi connectivity index (χ3v) is 6.45. The van der Waals surface area contributed by atoms with Gasteiger partial charge in [0.05, 0.1) is 10.9 Å². The average Bonchev–Trinajstić information content (AvgIpc) is 3.35. The molecule has 0 fully saturated rings. The minimum Gasteiger partial charge on any atom is -0.454 e. The second-order valence-electron chi connectivity index (χ2n) is 6.53. The van der Waals surface area contributed by atoms with Crippen LogP contribution in [-0.4, -0.2) is 22.9 Å². The number of carbonyl (C=O) groups excluding carboxylic acids is 1. The van der Waals surface area contributed by atoms with Gasteiger partial charge in [0, 0.05) is 17.5 Å². The van der Waals surface area contributed by atoms with Gasteiger partial charge in [-0.25, -0.2) is 4.98 Å². The predicted molar refractivity (Wildman–Crippen MR) is 112 cm³/mol. The van der Waals surface area contributed by atoms with Crippen LogP contribution in [0, 0.1) is 6.92 Å². The SMILES string of the molecule is Cc1ccc(-c2csc(S[C@H](C)C(=O)NCc3ccc4c(c3)OCO4)n2)cc1. The molecule has 0 saturated heterocycles. The Morgan fingerprint density at radius 1 is 1.21 bits per heavy atom. The van der Waals surface area contributed by atoms with Crippen LogP contribution < -0.4 is 14.8 Å². The molecule has 1 aromatic heterocycles. The summed E-state index contributed by atoms with van der Waals surface area (Å²) in [6, 6.07) is 14.0. The predicted octanol–water partition coefficient (Wildman–Crippen LogP) is 4.64. The van der Waals surface area contributed by atoms with Crippen LogP contribution in [0.1, 0.15) is 18.1 Å². The normalized spacial score (nSPS) is 13.4. The Labute approximate surface area is 172 Å². The number of thioether (sulfide) groups is 1. The minimum atomic E-state index is -0.231. The van der Waals surface area contributed by atoms with Crippen molar-refractivity contribution < 1.29 is 14.3 Å². The third kappa shape index (κ3) is 4.31. The maximum Gasteiger partial charge on any atom is 0.233 e. The number of rotatable bonds is 6. The molecule has 28 heavy (non-hydrogen) atoms. The van der Waals surface area contributed by atoms with Crippen molar-refractivity contribution in [1.29, 1.82) is 0 Å². The fourth-order valence-corrected chi connectivity index (χ4v) is 4.75. The smallest absolute Gasteiger partial charge is 0.233 e. The van der Waals surface area contributed by atoms with E-state index in [-0.39, 0.29) is 18.0 Å². The number of hydrogen-bond acceptors (Lipinski definition) is 6. The summed E-state index contributed by atoms with van der Waals surface area (Å²) in [7, 11) is 0. The number of nitrogens with zero attached hydrogens (tertiary/aromatic N) is 1. The van der Waals surface area contributed by atoms with Gasteiger partial charge in [-0.3, -0.25) is 4.79 Å². The molecule has 1 atom stereocenters. The molecular formula is C21H20N2O3S2. The zero-order valence-corrected chi connectivity index (χ0v) is 17.2. The topological polar surface area (TPSA) is 60.5 Å². The second-order valence-corrected chi connectivity index (χ2v) is 8.98. The Kier molecular flexibility index (Phi) is 5.54. The summed E-state index contributed by atoms with van der Waals surface area (Å²) in [5.41, 5.74) is 4.24. The lowest BCUT2D eigenvalue weighted by molar-refractivity contribution is -0.120. The van der Waals surface area contributed by atoms with E-state index in [1.165, 1.54) is 17.3 Å². The molecule has 1 aliphatic rings. The van der Waals surface area contributed by atoms with Crippen LogP contribution in [0.5, 0.6) is 11.5 Å². The largest absolute Gasteiger partial charge is 0.454 e. The fraction of sp³-hybridized carbons (Fsp3) is 0.238. The van der Waals surface area contributed by atoms with E-state index in [1.54, 1.807) is 11.3 Å². The maximum absolute atomic E-state index is 12.5. The summed E-state index contributed by atoms with van der Waals surface area (Å²) in [4.78, 5) is 17.1. The maximum atomic E-state index is 12.5. The molecule has 4 rings (SSSR count). The van der Waals surface area contributed by atoms with E-state index in [0.29, 0.717) is 6.54 Å². The zero-order chi connectivity index (χ0) is 19.5. The highest BCUT2D eigenvalue weighted by Gasteiger charge is 2.18. The van der Waals surface area contributed by atoms with Gasteiger partial charge in [0.1, 0.15) is 0 Å². The van der Waals surface area contributed by atoms with Gasteiger partial charge in [0.15, 0.2) is 15.8 Å². The number of amides is 1. The minimum absolute atomic E-state index is 0.0187. The van der Waals surface area contributed by atoms with Crippen molar-refractivity contribution >= 4 is 29.0 Å². The van der Waals surface area contributed by atoms with Gasteiger partial charge in [-0.1, -0.05) is 47.7 Å². The van der Waals surface area contributed by atoms with Gasteiger partial charge >= 0.3 is 0 Å². The molecule has 2 heterocycles. The van der Waals surface area contributed by atoms with Crippen LogP contribution in [0.4, 0.5) is 0 Å². The summed E-state index contributed by atoms with van der Waals surface area (Å²) >= 11 is 3.04. The summed E-state index contributed by atoms with van der Waals surface area (Å²) in [6.45, 7) is 4.66. The molecule has 0 spiro atoms. The van der Waals surface area contributed by atoms with Gasteiger partial charge in [0.25, 0.3) is 0 Å². The number of aromatic nitrogens is 1. The van der Waals surface area contributed by atoms with E-state index in [2.05, 4.69) is 41.5 Å². The van der Waals surface area contributed by atoms with Crippen LogP contribution in [0.25, 0.3) is 11.3 Å². The second kappa shape index (κ2) is 8.24. The first-order valence-electron chi connectivity index (χ1n) is 8.94. The first kappa shape index (κ1) is 18.8. The molecule has 0 aliphatic carbocycles. The number of benzene rings is 2. The molecule has 7 heteroatoms. The lowest BCUT2D eigenvalue weighted by Gasteiger charge is -2.11. The molecule has 3 aromatic rings. The van der Waals surface area contributed by atoms with Crippen LogP contribution in [-0.2, 0) is 11.3 Å². The molecule has 0 radical (unpaired) electrons. The van der Waals surface area contributed by atoms with E-state index >= 15 is 0 Å². The van der Waals surface area contributed by atoms with E-state index in [0.717, 1.165) is 32.7 Å². The van der Waals surface area contributed by atoms with Crippen LogP contribution >= 0.6 is 23.1 Å². The molecule has 0 unspecified atom stereocenters. The highest BCUT2D eigenvalue weighted by atomic mass is 32.2. The Bertz CT molecular complexity index is 986. The number of thiazole rings is 1. The molecule has 0 saturated carbocycles. The first-order valence-corrected chi connectivity index (χ1v) is 10.7. The number of carbonyl (C=O) groups is 1. The van der Waals surface area contributed by atoms with Crippen molar-refractivity contribution in [2.75, 3.05) is 6.79 Å². The van der Waals surface area contributed by atoms with Gasteiger partial charge in [-0.2, -0.15) is 0 Å². The van der Waals surface area contributed by atoms with Gasteiger partial charge < -0.3 is 14.8 Å². The van der Waals surface area contributed by atoms with E-state index < -0.39 is 0 Å². The molecule has 1 amide bonds. The van der Waals surface area contributed by atoms with Gasteiger partial charge in [0.2, 0.25) is 12.7 Å². The molecular weight excluding hydrogens is 392 g/mol. The van der Waals surface area contributed by atoms with Crippen molar-refractivity contribution in [3.63, 3.8) is 0 Å². The van der Waals surface area contributed by atoms with E-state index in [9.17, 15) is 4.79 Å². The monoisotopic (exact) mass is 412 g/mol. The molecule has 5 nitrogen and oxygen atoms in total. The lowest BCUT2D eigenvalue weighted by Crippen LogP contribution is -2.30. The summed E-state index contributed by atoms with van der Waals surface area (Å²) in [5.74, 6) is 1.45. The quantitative estimate of drug-likeness (QED) is 0.598. The standard InChI is InChI=1S/C21H20N2O3S2/c1-13-3-6-16(7-4-13)17-11-27-21(23-17)28-14(2)20(24)22-10-15-5-8-18-19(9-15)26-12-25-18/h3-9,11,14H,10,12H2,1-2H3,(H,22,24)/t14-/m1/s1. The molecule has 1 N–H and O–H groups in total. The first-order chi connectivity index (χ1) is 13.6. The van der Waals surface area contributed by atoms with Crippen molar-refractivity contribution in [3.05, 3.63) is 59.0 Å². The average molecular weight is 413 g/mol. The zero-order valence-electron chi connectivity index (χ0n) is 15.6. The van der Waals surface area contributed by atoms with Crippen molar-refractivity contribution in [3.8, 4) is 22.8 Å². The van der Waals surface area contributed by atoms with Crippen LogP contribution in [0.2, 0.25) is 0 Å². The summed E-state index contributed by atoms with van der Waals surface area (Å²) in [6.07, 6.45) is 0. The number of ether oxygens (including phenoxy) is 2. The summed E-state index contributed by atoms with van der Waals surface area (Å²) < 4.78 is 11.6. The number of nitrogens with one attached hydrogen (secondary N) is 1. The Morgan fingerprint density at radius 2 is 2.00 bits per heavy atom. The number of fused-ring (bicyclic) bond motifs is 1. The van der Waals surface area contributed by atoms with Crippen molar-refractivity contribution in [2.24, 2.45) is 0 Å². The number of aryl methyl sites for hydroxylation is 1. The van der Waals surface area contributed by atoms with Crippen LogP contribution in [0.15, 0.2) is 52.2 Å². The fourth-order valence-electron chi connectivity index (χ4n) is 2.76. The van der Waals surface area contributed by atoms with E-state index in [1.807, 2.05) is 30.5 Å². The summed E-state index contributed by atoms with van der Waals surface area (Å²) in [5, 5.41) is 4.78. The Balaban J connectivity index is 1.32. The third-order valence-electron chi connectivity index (χ3n) is 4.38. The van der Waals surface area contributed by atoms with Gasteiger partial charge in [-0.05, 0) is 31.5 Å². The molecule has 2 aromatic carbocycles. The molecule has 1 aliphatic heterocycles. The Hall–Kier alpha value is -2.51. The van der Waals surface area contributed by atoms with Crippen molar-refractivity contribution in [2.45, 2.75) is 30.0 Å². The highest BCUT2D eigenvalue weighted by molar-refractivity contribution is 8.02. The van der Waals surface area contributed by atoms with Crippen LogP contribution in [0.3, 0.4) is 0 Å². The highest BCUT2D eigenvalue weighted by Crippen LogP contribution is 2.33. The molecule has 144 valence electrons. The molecule has 0 bridgehead atoms. The van der Waals surface area contributed by atoms with Gasteiger partial charge in [-0.15, -0.1) is 11.3 Å². The Morgan fingerprint density at radius 3 is 2.82 bits per heavy atom. The van der Waals surface area contributed by atoms with E-state index in [4.69, 9.17) is 9.47 Å².